The first kappa shape index (κ1) is 29.3. The quantitative estimate of drug-likeness (QED) is 0.184. The van der Waals surface area contributed by atoms with Crippen LogP contribution in [0.3, 0.4) is 0 Å². The summed E-state index contributed by atoms with van der Waals surface area (Å²) in [5.74, 6) is 0. The number of hydrogen-bond acceptors (Lipinski definition) is 3. The number of hydrogen-bond donors (Lipinski definition) is 0. The Balaban J connectivity index is 1.03. The average Bonchev–Trinajstić information content (AvgIpc) is 3.76. The van der Waals surface area contributed by atoms with Crippen molar-refractivity contribution in [1.29, 1.82) is 0 Å². The molecule has 8 aromatic carbocycles. The van der Waals surface area contributed by atoms with E-state index in [-0.39, 0.29) is 0 Å². The number of fused-ring (bicyclic) bond motifs is 8. The summed E-state index contributed by atoms with van der Waals surface area (Å²) in [4.78, 5) is 4.88. The molecule has 244 valence electrons. The van der Waals surface area contributed by atoms with Gasteiger partial charge in [-0.05, 0) is 89.0 Å². The van der Waals surface area contributed by atoms with Crippen molar-refractivity contribution >= 4 is 72.6 Å². The molecule has 0 bridgehead atoms. The molecule has 11 rings (SSSR count). The largest absolute Gasteiger partial charge is 0.454 e. The molecule has 1 aliphatic heterocycles. The predicted molar refractivity (Wildman–Crippen MR) is 218 cm³/mol. The van der Waals surface area contributed by atoms with Crippen LogP contribution in [0.2, 0.25) is 0 Å². The average molecular weight is 683 g/mol. The molecule has 0 aliphatic carbocycles. The van der Waals surface area contributed by atoms with Crippen molar-refractivity contribution in [1.82, 2.24) is 4.57 Å². The molecular formula is C48H30N2OS. The first-order chi connectivity index (χ1) is 25.8. The molecule has 3 nitrogen and oxygen atoms in total. The van der Waals surface area contributed by atoms with Gasteiger partial charge in [-0.1, -0.05) is 127 Å². The van der Waals surface area contributed by atoms with E-state index in [0.717, 1.165) is 44.3 Å². The summed E-state index contributed by atoms with van der Waals surface area (Å²) in [6, 6.07) is 65.5. The van der Waals surface area contributed by atoms with Crippen molar-refractivity contribution in [3.05, 3.63) is 182 Å². The zero-order chi connectivity index (χ0) is 34.2. The third-order valence-corrected chi connectivity index (χ3v) is 11.5. The maximum atomic E-state index is 6.52. The first-order valence-electron chi connectivity index (χ1n) is 17.6. The van der Waals surface area contributed by atoms with Crippen LogP contribution in [0.1, 0.15) is 0 Å². The summed E-state index contributed by atoms with van der Waals surface area (Å²) in [6.45, 7) is 0. The summed E-state index contributed by atoms with van der Waals surface area (Å²) < 4.78 is 8.88. The number of nitrogens with zero attached hydrogens (tertiary/aromatic N) is 2. The van der Waals surface area contributed by atoms with E-state index in [4.69, 9.17) is 4.42 Å². The Hall–Kier alpha value is -6.49. The first-order valence-corrected chi connectivity index (χ1v) is 18.4. The predicted octanol–water partition coefficient (Wildman–Crippen LogP) is 14.0. The second-order valence-corrected chi connectivity index (χ2v) is 14.4. The molecule has 0 amide bonds. The molecule has 0 spiro atoms. The van der Waals surface area contributed by atoms with Crippen molar-refractivity contribution in [3.63, 3.8) is 0 Å². The van der Waals surface area contributed by atoms with Gasteiger partial charge in [-0.15, -0.1) is 0 Å². The van der Waals surface area contributed by atoms with Gasteiger partial charge in [-0.25, -0.2) is 0 Å². The minimum absolute atomic E-state index is 0.904. The summed E-state index contributed by atoms with van der Waals surface area (Å²) >= 11 is 1.84. The molecule has 0 N–H and O–H groups in total. The Kier molecular flexibility index (Phi) is 6.48. The molecule has 0 fully saturated rings. The highest BCUT2D eigenvalue weighted by molar-refractivity contribution is 7.99. The van der Waals surface area contributed by atoms with Crippen molar-refractivity contribution in [2.75, 3.05) is 4.90 Å². The van der Waals surface area contributed by atoms with Crippen molar-refractivity contribution < 1.29 is 4.42 Å². The molecule has 0 saturated heterocycles. The highest BCUT2D eigenvalue weighted by atomic mass is 32.2. The Morgan fingerprint density at radius 3 is 1.92 bits per heavy atom. The fraction of sp³-hybridized carbons (Fsp3) is 0. The van der Waals surface area contributed by atoms with Crippen LogP contribution in [-0.4, -0.2) is 4.57 Å². The van der Waals surface area contributed by atoms with E-state index in [1.54, 1.807) is 0 Å². The molecule has 2 aromatic heterocycles. The second kappa shape index (κ2) is 11.5. The maximum Gasteiger partial charge on any atom is 0.159 e. The van der Waals surface area contributed by atoms with Gasteiger partial charge < -0.3 is 13.9 Å². The summed E-state index contributed by atoms with van der Waals surface area (Å²) in [6.07, 6.45) is 0. The third-order valence-electron chi connectivity index (χ3n) is 10.4. The molecule has 1 aliphatic rings. The van der Waals surface area contributed by atoms with Gasteiger partial charge in [-0.3, -0.25) is 0 Å². The van der Waals surface area contributed by atoms with Gasteiger partial charge in [0.2, 0.25) is 0 Å². The summed E-state index contributed by atoms with van der Waals surface area (Å²) in [5, 5.41) is 4.71. The Labute approximate surface area is 305 Å². The van der Waals surface area contributed by atoms with Crippen LogP contribution in [0.4, 0.5) is 17.1 Å². The summed E-state index contributed by atoms with van der Waals surface area (Å²) in [7, 11) is 0. The zero-order valence-electron chi connectivity index (χ0n) is 28.0. The van der Waals surface area contributed by atoms with E-state index in [1.165, 1.54) is 54.2 Å². The van der Waals surface area contributed by atoms with Crippen LogP contribution in [-0.2, 0) is 0 Å². The molecule has 0 unspecified atom stereocenters. The number of aromatic nitrogens is 1. The van der Waals surface area contributed by atoms with Gasteiger partial charge in [0.1, 0.15) is 5.58 Å². The topological polar surface area (TPSA) is 21.3 Å². The third kappa shape index (κ3) is 4.48. The van der Waals surface area contributed by atoms with E-state index in [1.807, 2.05) is 23.9 Å². The van der Waals surface area contributed by atoms with Crippen LogP contribution in [0, 0.1) is 0 Å². The lowest BCUT2D eigenvalue weighted by Crippen LogP contribution is -2.14. The smallest absolute Gasteiger partial charge is 0.159 e. The van der Waals surface area contributed by atoms with E-state index in [2.05, 4.69) is 179 Å². The van der Waals surface area contributed by atoms with E-state index in [0.29, 0.717) is 0 Å². The molecular weight excluding hydrogens is 653 g/mol. The Bertz CT molecular complexity index is 2990. The molecule has 10 aromatic rings. The van der Waals surface area contributed by atoms with E-state index in [9.17, 15) is 0 Å². The van der Waals surface area contributed by atoms with Crippen LogP contribution in [0.25, 0.3) is 71.7 Å². The normalized spacial score (nSPS) is 12.5. The van der Waals surface area contributed by atoms with Gasteiger partial charge in [0.15, 0.2) is 5.58 Å². The van der Waals surface area contributed by atoms with Gasteiger partial charge in [-0.2, -0.15) is 0 Å². The number of benzene rings is 8. The highest BCUT2D eigenvalue weighted by Crippen LogP contribution is 2.52. The minimum atomic E-state index is 0.904. The van der Waals surface area contributed by atoms with Crippen molar-refractivity contribution in [2.24, 2.45) is 0 Å². The molecule has 3 heterocycles. The number of rotatable bonds is 4. The Morgan fingerprint density at radius 1 is 0.385 bits per heavy atom. The van der Waals surface area contributed by atoms with Crippen LogP contribution in [0.5, 0.6) is 0 Å². The van der Waals surface area contributed by atoms with Gasteiger partial charge in [0.05, 0.1) is 28.1 Å². The number of anilines is 3. The lowest BCUT2D eigenvalue weighted by atomic mass is 10.0. The molecule has 4 heteroatoms. The molecule has 52 heavy (non-hydrogen) atoms. The van der Waals surface area contributed by atoms with E-state index >= 15 is 0 Å². The van der Waals surface area contributed by atoms with Crippen molar-refractivity contribution in [3.8, 4) is 27.9 Å². The number of para-hydroxylation sites is 4. The van der Waals surface area contributed by atoms with Crippen LogP contribution in [0.15, 0.2) is 196 Å². The monoisotopic (exact) mass is 682 g/mol. The van der Waals surface area contributed by atoms with Gasteiger partial charge >= 0.3 is 0 Å². The fourth-order valence-corrected chi connectivity index (χ4v) is 9.07. The maximum absolute atomic E-state index is 6.52. The second-order valence-electron chi connectivity index (χ2n) is 13.3. The summed E-state index contributed by atoms with van der Waals surface area (Å²) in [5.41, 5.74) is 13.5. The zero-order valence-corrected chi connectivity index (χ0v) is 28.8. The standard InChI is InChI=1S/C48H30N2OS/c1-2-11-31(12-3-1)32-21-25-35(26-22-32)49-42-17-7-9-20-46(42)52-47-30-34(24-28-43(47)49)33-23-27-41-39(29-33)36-13-4-6-16-40(36)50(41)44-18-10-15-38-37-14-5-8-19-45(37)51-48(38)44/h1-30H. The minimum Gasteiger partial charge on any atom is -0.454 e. The number of furan rings is 1. The molecule has 0 saturated carbocycles. The fourth-order valence-electron chi connectivity index (χ4n) is 7.97. The lowest BCUT2D eigenvalue weighted by Gasteiger charge is -2.33. The highest BCUT2D eigenvalue weighted by Gasteiger charge is 2.25. The SMILES string of the molecule is c1ccc(-c2ccc(N3c4ccccc4Sc4cc(-c5ccc6c(c5)c5ccccc5n6-c5cccc6c5oc5ccccc56)ccc43)cc2)cc1. The van der Waals surface area contributed by atoms with Gasteiger partial charge in [0.25, 0.3) is 0 Å². The van der Waals surface area contributed by atoms with Crippen LogP contribution < -0.4 is 4.90 Å². The Morgan fingerprint density at radius 2 is 1.02 bits per heavy atom. The lowest BCUT2D eigenvalue weighted by molar-refractivity contribution is 0.666. The molecule has 0 atom stereocenters. The van der Waals surface area contributed by atoms with Crippen LogP contribution >= 0.6 is 11.8 Å². The van der Waals surface area contributed by atoms with Crippen molar-refractivity contribution in [2.45, 2.75) is 9.79 Å². The molecule has 0 radical (unpaired) electrons. The van der Waals surface area contributed by atoms with Gasteiger partial charge in [0, 0.05) is 37.0 Å². The van der Waals surface area contributed by atoms with E-state index < -0.39 is 0 Å².